The van der Waals surface area contributed by atoms with Crippen LogP contribution in [0.4, 0.5) is 4.79 Å². The Hall–Kier alpha value is -1.26. The molecular formula is C12H21N3O2. The van der Waals surface area contributed by atoms with Crippen molar-refractivity contribution in [1.82, 2.24) is 15.5 Å². The average molecular weight is 239 g/mol. The lowest BCUT2D eigenvalue weighted by Crippen LogP contribution is -2.41. The van der Waals surface area contributed by atoms with Crippen LogP contribution >= 0.6 is 0 Å². The number of hydrogen-bond donors (Lipinski definition) is 2. The Morgan fingerprint density at radius 1 is 1.47 bits per heavy atom. The fourth-order valence-corrected chi connectivity index (χ4v) is 2.23. The van der Waals surface area contributed by atoms with Crippen LogP contribution < -0.4 is 10.6 Å². The normalized spacial score (nSPS) is 24.3. The summed E-state index contributed by atoms with van der Waals surface area (Å²) in [5, 5.41) is 5.60. The van der Waals surface area contributed by atoms with Gasteiger partial charge in [0.2, 0.25) is 5.91 Å². The zero-order valence-corrected chi connectivity index (χ0v) is 10.5. The van der Waals surface area contributed by atoms with Crippen LogP contribution in [0.3, 0.4) is 0 Å². The number of carbonyl (C=O) groups is 2. The molecule has 0 spiro atoms. The van der Waals surface area contributed by atoms with Gasteiger partial charge < -0.3 is 15.5 Å². The average Bonchev–Trinajstić information content (AvgIpc) is 2.99. The third-order valence-electron chi connectivity index (χ3n) is 3.20. The molecule has 1 saturated heterocycles. The quantitative estimate of drug-likeness (QED) is 0.759. The molecule has 5 heteroatoms. The van der Waals surface area contributed by atoms with Gasteiger partial charge >= 0.3 is 6.03 Å². The van der Waals surface area contributed by atoms with Crippen molar-refractivity contribution in [1.29, 1.82) is 0 Å². The molecule has 1 unspecified atom stereocenters. The summed E-state index contributed by atoms with van der Waals surface area (Å²) >= 11 is 0. The first-order valence-corrected chi connectivity index (χ1v) is 6.40. The Kier molecular flexibility index (Phi) is 3.54. The number of urea groups is 1. The smallest absolute Gasteiger partial charge is 0.314 e. The SMILES string of the molecule is CC(C)NC(=O)NCC1CC(=O)N(C2CC2)C1. The van der Waals surface area contributed by atoms with E-state index in [-0.39, 0.29) is 23.9 Å². The second-order valence-corrected chi connectivity index (χ2v) is 5.36. The van der Waals surface area contributed by atoms with Gasteiger partial charge in [0.05, 0.1) is 0 Å². The van der Waals surface area contributed by atoms with E-state index < -0.39 is 0 Å². The van der Waals surface area contributed by atoms with Crippen molar-refractivity contribution in [3.8, 4) is 0 Å². The number of hydrogen-bond acceptors (Lipinski definition) is 2. The molecule has 3 amide bonds. The molecule has 1 saturated carbocycles. The van der Waals surface area contributed by atoms with Crippen molar-refractivity contribution in [3.05, 3.63) is 0 Å². The van der Waals surface area contributed by atoms with Crippen molar-refractivity contribution < 1.29 is 9.59 Å². The highest BCUT2D eigenvalue weighted by atomic mass is 16.2. The maximum atomic E-state index is 11.7. The lowest BCUT2D eigenvalue weighted by Gasteiger charge is -2.16. The van der Waals surface area contributed by atoms with E-state index in [9.17, 15) is 9.59 Å². The molecule has 0 bridgehead atoms. The number of amides is 3. The van der Waals surface area contributed by atoms with Gasteiger partial charge in [0.25, 0.3) is 0 Å². The molecule has 5 nitrogen and oxygen atoms in total. The molecule has 2 aliphatic rings. The van der Waals surface area contributed by atoms with E-state index in [1.807, 2.05) is 18.7 Å². The van der Waals surface area contributed by atoms with Crippen LogP contribution in [0.5, 0.6) is 0 Å². The van der Waals surface area contributed by atoms with Gasteiger partial charge in [0.1, 0.15) is 0 Å². The van der Waals surface area contributed by atoms with Gasteiger partial charge in [-0.2, -0.15) is 0 Å². The first-order chi connectivity index (χ1) is 8.06. The highest BCUT2D eigenvalue weighted by Gasteiger charge is 2.39. The van der Waals surface area contributed by atoms with Gasteiger partial charge in [-0.25, -0.2) is 4.79 Å². The van der Waals surface area contributed by atoms with Crippen molar-refractivity contribution in [2.24, 2.45) is 5.92 Å². The lowest BCUT2D eigenvalue weighted by atomic mass is 10.1. The molecule has 0 aromatic rings. The highest BCUT2D eigenvalue weighted by Crippen LogP contribution is 2.32. The molecule has 2 rings (SSSR count). The van der Waals surface area contributed by atoms with Crippen molar-refractivity contribution in [2.45, 2.75) is 45.2 Å². The molecular weight excluding hydrogens is 218 g/mol. The minimum absolute atomic E-state index is 0.141. The monoisotopic (exact) mass is 239 g/mol. The minimum atomic E-state index is -0.141. The second-order valence-electron chi connectivity index (χ2n) is 5.36. The molecule has 1 aliphatic carbocycles. The maximum absolute atomic E-state index is 11.7. The summed E-state index contributed by atoms with van der Waals surface area (Å²) in [6, 6.07) is 0.498. The van der Waals surface area contributed by atoms with E-state index in [1.165, 1.54) is 0 Å². The van der Waals surface area contributed by atoms with Gasteiger partial charge in [-0.15, -0.1) is 0 Å². The van der Waals surface area contributed by atoms with Gasteiger partial charge in [-0.05, 0) is 26.7 Å². The zero-order chi connectivity index (χ0) is 12.4. The van der Waals surface area contributed by atoms with Gasteiger partial charge in [0, 0.05) is 37.5 Å². The lowest BCUT2D eigenvalue weighted by molar-refractivity contribution is -0.128. The maximum Gasteiger partial charge on any atom is 0.314 e. The molecule has 0 aromatic carbocycles. The number of rotatable bonds is 4. The Morgan fingerprint density at radius 2 is 2.18 bits per heavy atom. The van der Waals surface area contributed by atoms with E-state index in [0.717, 1.165) is 19.4 Å². The molecule has 1 aliphatic heterocycles. The summed E-state index contributed by atoms with van der Waals surface area (Å²) in [5.74, 6) is 0.532. The first-order valence-electron chi connectivity index (χ1n) is 6.40. The Labute approximate surface area is 102 Å². The largest absolute Gasteiger partial charge is 0.339 e. The van der Waals surface area contributed by atoms with Crippen LogP contribution in [0.25, 0.3) is 0 Å². The third kappa shape index (κ3) is 3.35. The molecule has 96 valence electrons. The van der Waals surface area contributed by atoms with E-state index in [4.69, 9.17) is 0 Å². The van der Waals surface area contributed by atoms with Gasteiger partial charge in [-0.3, -0.25) is 4.79 Å². The Bertz CT molecular complexity index is 313. The summed E-state index contributed by atoms with van der Waals surface area (Å²) in [4.78, 5) is 25.1. The Morgan fingerprint density at radius 3 is 2.76 bits per heavy atom. The van der Waals surface area contributed by atoms with Crippen LogP contribution in [-0.2, 0) is 4.79 Å². The van der Waals surface area contributed by atoms with Crippen LogP contribution in [0, 0.1) is 5.92 Å². The molecule has 17 heavy (non-hydrogen) atoms. The third-order valence-corrected chi connectivity index (χ3v) is 3.20. The summed E-state index contributed by atoms with van der Waals surface area (Å²) in [6.45, 7) is 5.25. The predicted octanol–water partition coefficient (Wildman–Crippen LogP) is 0.705. The number of nitrogens with one attached hydrogen (secondary N) is 2. The minimum Gasteiger partial charge on any atom is -0.339 e. The first kappa shape index (κ1) is 12.2. The molecule has 1 atom stereocenters. The number of carbonyl (C=O) groups excluding carboxylic acids is 2. The van der Waals surface area contributed by atoms with Crippen LogP contribution in [-0.4, -0.2) is 42.0 Å². The van der Waals surface area contributed by atoms with E-state index in [2.05, 4.69) is 10.6 Å². The molecule has 2 fully saturated rings. The number of nitrogens with zero attached hydrogens (tertiary/aromatic N) is 1. The highest BCUT2D eigenvalue weighted by molar-refractivity contribution is 5.79. The molecule has 0 aromatic heterocycles. The van der Waals surface area contributed by atoms with E-state index >= 15 is 0 Å². The fourth-order valence-electron chi connectivity index (χ4n) is 2.23. The van der Waals surface area contributed by atoms with E-state index in [1.54, 1.807) is 0 Å². The van der Waals surface area contributed by atoms with Crippen LogP contribution in [0.15, 0.2) is 0 Å². The summed E-state index contributed by atoms with van der Waals surface area (Å²) in [5.41, 5.74) is 0. The van der Waals surface area contributed by atoms with Gasteiger partial charge in [-0.1, -0.05) is 0 Å². The van der Waals surface area contributed by atoms with E-state index in [0.29, 0.717) is 19.0 Å². The van der Waals surface area contributed by atoms with Crippen molar-refractivity contribution in [2.75, 3.05) is 13.1 Å². The predicted molar refractivity (Wildman–Crippen MR) is 64.5 cm³/mol. The summed E-state index contributed by atoms with van der Waals surface area (Å²) < 4.78 is 0. The van der Waals surface area contributed by atoms with Crippen LogP contribution in [0.1, 0.15) is 33.1 Å². The topological polar surface area (TPSA) is 61.4 Å². The standard InChI is InChI=1S/C12H21N3O2/c1-8(2)14-12(17)13-6-9-5-11(16)15(7-9)10-3-4-10/h8-10H,3-7H2,1-2H3,(H2,13,14,17). The van der Waals surface area contributed by atoms with Gasteiger partial charge in [0.15, 0.2) is 0 Å². The molecule has 2 N–H and O–H groups in total. The van der Waals surface area contributed by atoms with Crippen LogP contribution in [0.2, 0.25) is 0 Å². The zero-order valence-electron chi connectivity index (χ0n) is 10.5. The second kappa shape index (κ2) is 4.94. The van der Waals surface area contributed by atoms with Crippen molar-refractivity contribution >= 4 is 11.9 Å². The summed E-state index contributed by atoms with van der Waals surface area (Å²) in [6.07, 6.45) is 2.89. The number of likely N-dealkylation sites (tertiary alicyclic amines) is 1. The molecule has 1 heterocycles. The molecule has 0 radical (unpaired) electrons. The summed E-state index contributed by atoms with van der Waals surface area (Å²) in [7, 11) is 0. The Balaban J connectivity index is 1.70. The fraction of sp³-hybridized carbons (Fsp3) is 0.833. The van der Waals surface area contributed by atoms with Crippen molar-refractivity contribution in [3.63, 3.8) is 0 Å².